The monoisotopic (exact) mass is 443 g/mol. The van der Waals surface area contributed by atoms with Crippen molar-refractivity contribution in [1.29, 1.82) is 10.5 Å². The van der Waals surface area contributed by atoms with Gasteiger partial charge in [-0.2, -0.15) is 28.6 Å². The highest BCUT2D eigenvalue weighted by atomic mass is 32.2. The summed E-state index contributed by atoms with van der Waals surface area (Å²) in [5.41, 5.74) is 1.34. The Morgan fingerprint density at radius 3 is 2.42 bits per heavy atom. The second-order valence-electron chi connectivity index (χ2n) is 6.47. The van der Waals surface area contributed by atoms with Crippen LogP contribution in [-0.4, -0.2) is 37.6 Å². The Kier molecular flexibility index (Phi) is 8.07. The van der Waals surface area contributed by atoms with Gasteiger partial charge in [0.05, 0.1) is 5.69 Å². The van der Waals surface area contributed by atoms with Gasteiger partial charge in [0.2, 0.25) is 0 Å². The number of imidazole rings is 1. The molecule has 0 spiro atoms. The van der Waals surface area contributed by atoms with Gasteiger partial charge in [0.25, 0.3) is 16.2 Å². The number of anilines is 2. The number of nitriles is 2. The zero-order chi connectivity index (χ0) is 23.0. The molecule has 2 rings (SSSR count). The van der Waals surface area contributed by atoms with Crippen molar-refractivity contribution in [3.63, 3.8) is 0 Å². The number of nitrogens with zero attached hydrogens (tertiary/aromatic N) is 7. The average Bonchev–Trinajstić information content (AvgIpc) is 3.07. The third-order valence-corrected chi connectivity index (χ3v) is 5.50. The lowest BCUT2D eigenvalue weighted by atomic mass is 10.2. The van der Waals surface area contributed by atoms with E-state index < -0.39 is 10.2 Å². The Hall–Kier alpha value is -3.48. The SMILES string of the molecule is CCCNS(=O)(=O)Nc1cc(N(CC)CC)ccc1N=Nc1nc(C#N)c(C#N)n1C. The van der Waals surface area contributed by atoms with Gasteiger partial charge in [0, 0.05) is 32.4 Å². The molecule has 1 aromatic heterocycles. The smallest absolute Gasteiger partial charge is 0.299 e. The molecule has 1 aromatic carbocycles. The highest BCUT2D eigenvalue weighted by Crippen LogP contribution is 2.32. The van der Waals surface area contributed by atoms with Crippen molar-refractivity contribution < 1.29 is 8.42 Å². The van der Waals surface area contributed by atoms with E-state index in [4.69, 9.17) is 5.26 Å². The van der Waals surface area contributed by atoms with Crippen LogP contribution in [0.1, 0.15) is 38.6 Å². The van der Waals surface area contributed by atoms with Crippen molar-refractivity contribution in [2.24, 2.45) is 17.3 Å². The minimum atomic E-state index is -3.80. The molecule has 0 atom stereocenters. The lowest BCUT2D eigenvalue weighted by molar-refractivity contribution is 0.586. The molecule has 0 bridgehead atoms. The second kappa shape index (κ2) is 10.5. The van der Waals surface area contributed by atoms with Crippen LogP contribution in [0.5, 0.6) is 0 Å². The van der Waals surface area contributed by atoms with Gasteiger partial charge in [0.15, 0.2) is 11.4 Å². The van der Waals surface area contributed by atoms with Gasteiger partial charge in [-0.25, -0.2) is 0 Å². The number of azo groups is 1. The molecule has 1 heterocycles. The van der Waals surface area contributed by atoms with E-state index in [1.165, 1.54) is 4.57 Å². The number of rotatable bonds is 10. The van der Waals surface area contributed by atoms with Crippen LogP contribution in [0.25, 0.3) is 0 Å². The first-order chi connectivity index (χ1) is 14.8. The molecule has 0 aliphatic heterocycles. The van der Waals surface area contributed by atoms with Crippen molar-refractivity contribution in [3.05, 3.63) is 29.6 Å². The molecule has 0 radical (unpaired) electrons. The molecule has 0 fully saturated rings. The molecule has 0 saturated carbocycles. The Bertz CT molecular complexity index is 1140. The normalized spacial score (nSPS) is 11.3. The predicted octanol–water partition coefficient (Wildman–Crippen LogP) is 3.08. The third kappa shape index (κ3) is 5.78. The lowest BCUT2D eigenvalue weighted by Gasteiger charge is -2.22. The van der Waals surface area contributed by atoms with E-state index in [-0.39, 0.29) is 28.7 Å². The number of benzene rings is 1. The van der Waals surface area contributed by atoms with Crippen LogP contribution < -0.4 is 14.3 Å². The minimum Gasteiger partial charge on any atom is -0.372 e. The molecular formula is C19H25N9O2S. The summed E-state index contributed by atoms with van der Waals surface area (Å²) in [6.07, 6.45) is 0.647. The summed E-state index contributed by atoms with van der Waals surface area (Å²) in [5.74, 6) is 0.0545. The quantitative estimate of drug-likeness (QED) is 0.538. The van der Waals surface area contributed by atoms with Crippen LogP contribution in [-0.2, 0) is 17.3 Å². The molecule has 2 N–H and O–H groups in total. The lowest BCUT2D eigenvalue weighted by Crippen LogP contribution is -2.30. The topological polar surface area (TPSA) is 152 Å². The van der Waals surface area contributed by atoms with Gasteiger partial charge in [-0.05, 0) is 38.5 Å². The van der Waals surface area contributed by atoms with Gasteiger partial charge < -0.3 is 9.47 Å². The van der Waals surface area contributed by atoms with E-state index >= 15 is 0 Å². The molecule has 11 nitrogen and oxygen atoms in total. The van der Waals surface area contributed by atoms with E-state index in [2.05, 4.69) is 29.6 Å². The number of aromatic nitrogens is 2. The second-order valence-corrected chi connectivity index (χ2v) is 7.96. The molecule has 0 amide bonds. The fourth-order valence-corrected chi connectivity index (χ4v) is 3.77. The Morgan fingerprint density at radius 1 is 1.16 bits per heavy atom. The summed E-state index contributed by atoms with van der Waals surface area (Å²) in [6, 6.07) is 8.89. The summed E-state index contributed by atoms with van der Waals surface area (Å²) in [7, 11) is -2.26. The molecule has 0 unspecified atom stereocenters. The molecule has 0 aliphatic rings. The van der Waals surface area contributed by atoms with Crippen molar-refractivity contribution in [1.82, 2.24) is 14.3 Å². The summed E-state index contributed by atoms with van der Waals surface area (Å²) < 4.78 is 31.1. The maximum absolute atomic E-state index is 12.4. The summed E-state index contributed by atoms with van der Waals surface area (Å²) in [6.45, 7) is 7.66. The van der Waals surface area contributed by atoms with Crippen molar-refractivity contribution in [3.8, 4) is 12.1 Å². The molecule has 31 heavy (non-hydrogen) atoms. The number of hydrogen-bond donors (Lipinski definition) is 2. The first-order valence-corrected chi connectivity index (χ1v) is 11.2. The summed E-state index contributed by atoms with van der Waals surface area (Å²) in [4.78, 5) is 6.06. The van der Waals surface area contributed by atoms with Crippen LogP contribution in [0.2, 0.25) is 0 Å². The fraction of sp³-hybridized carbons (Fsp3) is 0.421. The van der Waals surface area contributed by atoms with Crippen LogP contribution in [0.4, 0.5) is 23.0 Å². The molecule has 2 aromatic rings. The number of nitrogens with one attached hydrogen (secondary N) is 2. The van der Waals surface area contributed by atoms with Gasteiger partial charge in [-0.1, -0.05) is 6.92 Å². The van der Waals surface area contributed by atoms with Crippen molar-refractivity contribution in [2.45, 2.75) is 27.2 Å². The first kappa shape index (κ1) is 23.8. The first-order valence-electron chi connectivity index (χ1n) is 9.75. The Morgan fingerprint density at radius 2 is 1.87 bits per heavy atom. The van der Waals surface area contributed by atoms with Crippen LogP contribution in [0.3, 0.4) is 0 Å². The third-order valence-electron chi connectivity index (χ3n) is 4.43. The van der Waals surface area contributed by atoms with Gasteiger partial charge in [-0.15, -0.1) is 10.2 Å². The van der Waals surface area contributed by atoms with Crippen molar-refractivity contribution >= 4 is 33.2 Å². The van der Waals surface area contributed by atoms with E-state index in [0.29, 0.717) is 13.0 Å². The largest absolute Gasteiger partial charge is 0.372 e. The molecule has 0 aliphatic carbocycles. The standard InChI is InChI=1S/C19H25N9O2S/c1-5-10-22-31(29,30)26-16-11-14(28(6-2)7-3)8-9-15(16)24-25-19-23-17(12-20)18(13-21)27(19)4/h8-9,11,22,26H,5-7,10H2,1-4H3. The Labute approximate surface area is 182 Å². The molecule has 12 heteroatoms. The summed E-state index contributed by atoms with van der Waals surface area (Å²) in [5, 5.41) is 26.4. The van der Waals surface area contributed by atoms with Crippen LogP contribution in [0.15, 0.2) is 28.4 Å². The average molecular weight is 444 g/mol. The van der Waals surface area contributed by atoms with E-state index in [9.17, 15) is 13.7 Å². The zero-order valence-electron chi connectivity index (χ0n) is 17.9. The molecule has 164 valence electrons. The van der Waals surface area contributed by atoms with Crippen LogP contribution >= 0.6 is 0 Å². The fourth-order valence-electron chi connectivity index (χ4n) is 2.78. The van der Waals surface area contributed by atoms with E-state index in [1.807, 2.05) is 39.0 Å². The van der Waals surface area contributed by atoms with Gasteiger partial charge in [0.1, 0.15) is 17.8 Å². The van der Waals surface area contributed by atoms with Gasteiger partial charge >= 0.3 is 0 Å². The predicted molar refractivity (Wildman–Crippen MR) is 118 cm³/mol. The molecular weight excluding hydrogens is 418 g/mol. The highest BCUT2D eigenvalue weighted by Gasteiger charge is 2.16. The molecule has 0 saturated heterocycles. The maximum atomic E-state index is 12.4. The number of hydrogen-bond acceptors (Lipinski definition) is 8. The van der Waals surface area contributed by atoms with Gasteiger partial charge in [-0.3, -0.25) is 4.72 Å². The minimum absolute atomic E-state index is 0.0545. The highest BCUT2D eigenvalue weighted by molar-refractivity contribution is 7.90. The zero-order valence-corrected chi connectivity index (χ0v) is 18.7. The van der Waals surface area contributed by atoms with Crippen LogP contribution in [0, 0.1) is 22.7 Å². The van der Waals surface area contributed by atoms with E-state index in [1.54, 1.807) is 19.2 Å². The van der Waals surface area contributed by atoms with E-state index in [0.717, 1.165) is 18.8 Å². The Balaban J connectivity index is 2.49. The maximum Gasteiger partial charge on any atom is 0.299 e. The summed E-state index contributed by atoms with van der Waals surface area (Å²) >= 11 is 0. The van der Waals surface area contributed by atoms with Crippen molar-refractivity contribution in [2.75, 3.05) is 29.3 Å².